The molecule has 1 aromatic heterocycles. The molecular formula is C14H22N4S. The Balaban J connectivity index is 2.19. The normalized spacial score (nSPS) is 13.4. The molecule has 4 nitrogen and oxygen atoms in total. The lowest BCUT2D eigenvalue weighted by Gasteiger charge is -2.25. The Hall–Kier alpha value is -1.33. The Morgan fingerprint density at radius 2 is 2.11 bits per heavy atom. The summed E-state index contributed by atoms with van der Waals surface area (Å²) in [6.45, 7) is 5.45. The Labute approximate surface area is 118 Å². The lowest BCUT2D eigenvalue weighted by atomic mass is 10.0. The van der Waals surface area contributed by atoms with Gasteiger partial charge >= 0.3 is 0 Å². The van der Waals surface area contributed by atoms with Crippen LogP contribution in [0.3, 0.4) is 0 Å². The predicted molar refractivity (Wildman–Crippen MR) is 84.8 cm³/mol. The van der Waals surface area contributed by atoms with Gasteiger partial charge < -0.3 is 16.0 Å². The van der Waals surface area contributed by atoms with Gasteiger partial charge in [0.25, 0.3) is 0 Å². The summed E-state index contributed by atoms with van der Waals surface area (Å²) >= 11 is 1.66. The van der Waals surface area contributed by atoms with Crippen LogP contribution in [0.25, 0.3) is 10.2 Å². The van der Waals surface area contributed by atoms with Crippen molar-refractivity contribution in [1.82, 2.24) is 9.88 Å². The van der Waals surface area contributed by atoms with Crippen molar-refractivity contribution in [1.29, 1.82) is 0 Å². The van der Waals surface area contributed by atoms with Gasteiger partial charge in [0.1, 0.15) is 0 Å². The third-order valence-electron chi connectivity index (χ3n) is 3.09. The molecular weight excluding hydrogens is 256 g/mol. The minimum Gasteiger partial charge on any atom is -0.399 e. The molecule has 1 unspecified atom stereocenters. The fourth-order valence-corrected chi connectivity index (χ4v) is 2.95. The molecule has 104 valence electrons. The first-order chi connectivity index (χ1) is 8.95. The first-order valence-corrected chi connectivity index (χ1v) is 7.34. The van der Waals surface area contributed by atoms with Crippen LogP contribution < -0.4 is 11.1 Å². The van der Waals surface area contributed by atoms with Crippen molar-refractivity contribution in [2.75, 3.05) is 31.7 Å². The van der Waals surface area contributed by atoms with E-state index in [0.29, 0.717) is 12.0 Å². The van der Waals surface area contributed by atoms with Gasteiger partial charge in [-0.3, -0.25) is 0 Å². The molecule has 0 aliphatic carbocycles. The van der Waals surface area contributed by atoms with Crippen LogP contribution in [0.5, 0.6) is 0 Å². The van der Waals surface area contributed by atoms with Crippen LogP contribution in [-0.4, -0.2) is 36.6 Å². The summed E-state index contributed by atoms with van der Waals surface area (Å²) in [6, 6.07) is 6.25. The molecule has 0 radical (unpaired) electrons. The van der Waals surface area contributed by atoms with E-state index in [4.69, 9.17) is 5.73 Å². The molecule has 1 heterocycles. The second-order valence-corrected chi connectivity index (χ2v) is 6.53. The maximum atomic E-state index is 5.80. The molecule has 1 atom stereocenters. The van der Waals surface area contributed by atoms with Gasteiger partial charge in [-0.2, -0.15) is 0 Å². The zero-order chi connectivity index (χ0) is 14.0. The molecule has 0 aliphatic rings. The summed E-state index contributed by atoms with van der Waals surface area (Å²) in [4.78, 5) is 6.81. The number of nitrogens with two attached hydrogens (primary N) is 1. The maximum Gasteiger partial charge on any atom is 0.184 e. The lowest BCUT2D eigenvalue weighted by Crippen LogP contribution is -2.36. The maximum absolute atomic E-state index is 5.80. The molecule has 2 aromatic rings. The van der Waals surface area contributed by atoms with Gasteiger partial charge in [-0.1, -0.05) is 25.2 Å². The van der Waals surface area contributed by atoms with Gasteiger partial charge in [0, 0.05) is 18.3 Å². The van der Waals surface area contributed by atoms with E-state index in [1.807, 2.05) is 18.2 Å². The summed E-state index contributed by atoms with van der Waals surface area (Å²) in [5, 5.41) is 4.52. The highest BCUT2D eigenvalue weighted by molar-refractivity contribution is 7.22. The Morgan fingerprint density at radius 3 is 2.74 bits per heavy atom. The number of fused-ring (bicyclic) bond motifs is 1. The van der Waals surface area contributed by atoms with Crippen molar-refractivity contribution in [2.45, 2.75) is 19.9 Å². The zero-order valence-electron chi connectivity index (χ0n) is 12.0. The summed E-state index contributed by atoms with van der Waals surface area (Å²) in [5.74, 6) is 0.555. The second-order valence-electron chi connectivity index (χ2n) is 5.50. The number of hydrogen-bond acceptors (Lipinski definition) is 5. The predicted octanol–water partition coefficient (Wildman–Crippen LogP) is 2.88. The van der Waals surface area contributed by atoms with E-state index < -0.39 is 0 Å². The van der Waals surface area contributed by atoms with E-state index in [2.05, 4.69) is 43.1 Å². The number of hydrogen-bond donors (Lipinski definition) is 2. The molecule has 19 heavy (non-hydrogen) atoms. The van der Waals surface area contributed by atoms with Gasteiger partial charge in [-0.15, -0.1) is 0 Å². The molecule has 0 amide bonds. The van der Waals surface area contributed by atoms with Crippen LogP contribution in [0.4, 0.5) is 10.8 Å². The summed E-state index contributed by atoms with van der Waals surface area (Å²) < 4.78 is 1.13. The van der Waals surface area contributed by atoms with E-state index in [1.54, 1.807) is 11.3 Å². The highest BCUT2D eigenvalue weighted by Gasteiger charge is 2.16. The standard InChI is InChI=1S/C14H22N4S/c1-9(2)12(8-18(3)4)17-14-16-11-6-5-10(15)7-13(11)19-14/h5-7,9,12H,8,15H2,1-4H3,(H,16,17). The first kappa shape index (κ1) is 14.1. The van der Waals surface area contributed by atoms with Crippen molar-refractivity contribution in [3.05, 3.63) is 18.2 Å². The molecule has 1 aromatic carbocycles. The van der Waals surface area contributed by atoms with E-state index in [-0.39, 0.29) is 0 Å². The van der Waals surface area contributed by atoms with Crippen molar-refractivity contribution in [2.24, 2.45) is 5.92 Å². The van der Waals surface area contributed by atoms with Gasteiger partial charge in [0.15, 0.2) is 5.13 Å². The molecule has 0 saturated carbocycles. The van der Waals surface area contributed by atoms with Crippen LogP contribution in [-0.2, 0) is 0 Å². The zero-order valence-corrected chi connectivity index (χ0v) is 12.8. The van der Waals surface area contributed by atoms with Gasteiger partial charge in [-0.05, 0) is 38.2 Å². The number of thiazole rings is 1. The van der Waals surface area contributed by atoms with Gasteiger partial charge in [0.05, 0.1) is 10.2 Å². The van der Waals surface area contributed by atoms with E-state index >= 15 is 0 Å². The number of rotatable bonds is 5. The Kier molecular flexibility index (Phi) is 4.27. The quantitative estimate of drug-likeness (QED) is 0.826. The third kappa shape index (κ3) is 3.58. The van der Waals surface area contributed by atoms with Crippen LogP contribution >= 0.6 is 11.3 Å². The molecule has 0 fully saturated rings. The van der Waals surface area contributed by atoms with Gasteiger partial charge in [0.2, 0.25) is 0 Å². The van der Waals surface area contributed by atoms with Crippen molar-refractivity contribution in [3.8, 4) is 0 Å². The number of likely N-dealkylation sites (N-methyl/N-ethyl adjacent to an activating group) is 1. The fraction of sp³-hybridized carbons (Fsp3) is 0.500. The van der Waals surface area contributed by atoms with Crippen LogP contribution in [0.2, 0.25) is 0 Å². The lowest BCUT2D eigenvalue weighted by molar-refractivity contribution is 0.344. The minimum atomic E-state index is 0.396. The molecule has 0 bridgehead atoms. The number of anilines is 2. The van der Waals surface area contributed by atoms with Crippen molar-refractivity contribution >= 4 is 32.4 Å². The number of nitrogens with zero attached hydrogens (tertiary/aromatic N) is 2. The molecule has 0 aliphatic heterocycles. The highest BCUT2D eigenvalue weighted by atomic mass is 32.1. The topological polar surface area (TPSA) is 54.2 Å². The number of nitrogens with one attached hydrogen (secondary N) is 1. The summed E-state index contributed by atoms with van der Waals surface area (Å²) in [5.41, 5.74) is 7.60. The Morgan fingerprint density at radius 1 is 1.37 bits per heavy atom. The third-order valence-corrected chi connectivity index (χ3v) is 4.04. The smallest absolute Gasteiger partial charge is 0.184 e. The SMILES string of the molecule is CC(C)C(CN(C)C)Nc1nc2ccc(N)cc2s1. The highest BCUT2D eigenvalue weighted by Crippen LogP contribution is 2.28. The van der Waals surface area contributed by atoms with Crippen LogP contribution in [0.15, 0.2) is 18.2 Å². The van der Waals surface area contributed by atoms with E-state index in [9.17, 15) is 0 Å². The monoisotopic (exact) mass is 278 g/mol. The van der Waals surface area contributed by atoms with Crippen molar-refractivity contribution < 1.29 is 0 Å². The average molecular weight is 278 g/mol. The molecule has 3 N–H and O–H groups in total. The molecule has 5 heteroatoms. The van der Waals surface area contributed by atoms with Crippen molar-refractivity contribution in [3.63, 3.8) is 0 Å². The van der Waals surface area contributed by atoms with Gasteiger partial charge in [-0.25, -0.2) is 4.98 Å². The van der Waals surface area contributed by atoms with Crippen LogP contribution in [0.1, 0.15) is 13.8 Å². The number of nitrogen functional groups attached to an aromatic ring is 1. The average Bonchev–Trinajstić information content (AvgIpc) is 2.68. The van der Waals surface area contributed by atoms with E-state index in [1.165, 1.54) is 0 Å². The number of aromatic nitrogens is 1. The minimum absolute atomic E-state index is 0.396. The summed E-state index contributed by atoms with van der Waals surface area (Å²) in [7, 11) is 4.19. The van der Waals surface area contributed by atoms with Crippen LogP contribution in [0, 0.1) is 5.92 Å². The van der Waals surface area contributed by atoms with E-state index in [0.717, 1.165) is 27.6 Å². The Bertz CT molecular complexity index is 547. The molecule has 0 saturated heterocycles. The first-order valence-electron chi connectivity index (χ1n) is 6.53. The fourth-order valence-electron chi connectivity index (χ4n) is 1.98. The molecule has 2 rings (SSSR count). The largest absolute Gasteiger partial charge is 0.399 e. The molecule has 0 spiro atoms. The number of benzene rings is 1. The summed E-state index contributed by atoms with van der Waals surface area (Å²) in [6.07, 6.45) is 0. The second kappa shape index (κ2) is 5.75.